The van der Waals surface area contributed by atoms with Crippen LogP contribution in [0.25, 0.3) is 0 Å². The Morgan fingerprint density at radius 3 is 2.92 bits per heavy atom. The van der Waals surface area contributed by atoms with Gasteiger partial charge in [0.2, 0.25) is 6.79 Å². The summed E-state index contributed by atoms with van der Waals surface area (Å²) >= 11 is 0. The zero-order valence-electron chi connectivity index (χ0n) is 6.32. The van der Waals surface area contributed by atoms with E-state index in [4.69, 9.17) is 9.47 Å². The van der Waals surface area contributed by atoms with Crippen LogP contribution in [0.4, 0.5) is 0 Å². The summed E-state index contributed by atoms with van der Waals surface area (Å²) in [5, 5.41) is 0. The number of hydrogen-bond acceptors (Lipinski definition) is 3. The first kappa shape index (κ1) is 7.16. The van der Waals surface area contributed by atoms with Crippen molar-refractivity contribution in [3.05, 3.63) is 30.2 Å². The van der Waals surface area contributed by atoms with Crippen LogP contribution in [-0.4, -0.2) is 13.1 Å². The molecule has 0 aromatic heterocycles. The van der Waals surface area contributed by atoms with Gasteiger partial charge in [0.1, 0.15) is 6.29 Å². The number of aldehydes is 1. The molecule has 0 bridgehead atoms. The van der Waals surface area contributed by atoms with Gasteiger partial charge in [0.25, 0.3) is 0 Å². The second kappa shape index (κ2) is 2.85. The van der Waals surface area contributed by atoms with Gasteiger partial charge in [-0.1, -0.05) is 6.07 Å². The largest absolute Gasteiger partial charge is 0.454 e. The maximum Gasteiger partial charge on any atom is 0.231 e. The first-order valence-electron chi connectivity index (χ1n) is 3.58. The Kier molecular flexibility index (Phi) is 1.70. The molecule has 12 heavy (non-hydrogen) atoms. The molecular weight excluding hydrogens is 156 g/mol. The molecule has 0 spiro atoms. The van der Waals surface area contributed by atoms with Crippen LogP contribution in [0, 0.1) is 6.42 Å². The van der Waals surface area contributed by atoms with Crippen LogP contribution in [0.5, 0.6) is 11.5 Å². The average Bonchev–Trinajstić information content (AvgIpc) is 2.51. The number of fused-ring (bicyclic) bond motifs is 1. The molecule has 0 amide bonds. The molecule has 2 rings (SSSR count). The molecule has 0 N–H and O–H groups in total. The molecule has 1 heterocycles. The molecule has 3 heteroatoms. The lowest BCUT2D eigenvalue weighted by atomic mass is 10.1. The van der Waals surface area contributed by atoms with Crippen molar-refractivity contribution in [3.63, 3.8) is 0 Å². The Morgan fingerprint density at radius 2 is 2.08 bits per heavy atom. The Labute approximate surface area is 69.9 Å². The highest BCUT2D eigenvalue weighted by atomic mass is 16.7. The highest BCUT2D eigenvalue weighted by molar-refractivity contribution is 5.68. The lowest BCUT2D eigenvalue weighted by Gasteiger charge is -1.97. The minimum atomic E-state index is 0.264. The van der Waals surface area contributed by atoms with Gasteiger partial charge in [-0.25, -0.2) is 0 Å². The fourth-order valence-electron chi connectivity index (χ4n) is 1.10. The second-order valence-corrected chi connectivity index (χ2v) is 2.42. The molecule has 0 aliphatic carbocycles. The van der Waals surface area contributed by atoms with Crippen molar-refractivity contribution in [2.45, 2.75) is 0 Å². The van der Waals surface area contributed by atoms with Crippen molar-refractivity contribution in [2.24, 2.45) is 0 Å². The van der Waals surface area contributed by atoms with Gasteiger partial charge in [-0.15, -0.1) is 0 Å². The van der Waals surface area contributed by atoms with Gasteiger partial charge in [-0.2, -0.15) is 0 Å². The Morgan fingerprint density at radius 1 is 1.25 bits per heavy atom. The van der Waals surface area contributed by atoms with E-state index in [1.165, 1.54) is 6.42 Å². The van der Waals surface area contributed by atoms with Gasteiger partial charge in [0.05, 0.1) is 6.42 Å². The summed E-state index contributed by atoms with van der Waals surface area (Å²) < 4.78 is 10.2. The maximum absolute atomic E-state index is 10.1. The molecule has 0 saturated carbocycles. The average molecular weight is 163 g/mol. The molecule has 0 saturated heterocycles. The molecule has 0 unspecified atom stereocenters. The van der Waals surface area contributed by atoms with Crippen molar-refractivity contribution in [1.29, 1.82) is 0 Å². The summed E-state index contributed by atoms with van der Waals surface area (Å²) in [6.07, 6.45) is 2.22. The molecule has 1 radical (unpaired) electrons. The summed E-state index contributed by atoms with van der Waals surface area (Å²) in [5.41, 5.74) is 0.828. The van der Waals surface area contributed by atoms with Crippen molar-refractivity contribution in [2.75, 3.05) is 6.79 Å². The summed E-state index contributed by atoms with van der Waals surface area (Å²) in [6, 6.07) is 5.37. The third-order valence-corrected chi connectivity index (χ3v) is 1.66. The Bertz CT molecular complexity index is 307. The van der Waals surface area contributed by atoms with E-state index in [1.54, 1.807) is 12.1 Å². The minimum absolute atomic E-state index is 0.264. The lowest BCUT2D eigenvalue weighted by molar-refractivity contribution is -0.104. The Hall–Kier alpha value is -1.51. The Balaban J connectivity index is 2.32. The van der Waals surface area contributed by atoms with Crippen LogP contribution in [0.15, 0.2) is 18.2 Å². The van der Waals surface area contributed by atoms with Crippen LogP contribution >= 0.6 is 0 Å². The molecular formula is C9H7O3. The monoisotopic (exact) mass is 163 g/mol. The molecule has 0 fully saturated rings. The predicted molar refractivity (Wildman–Crippen MR) is 42.0 cm³/mol. The number of carbonyl (C=O) groups is 1. The zero-order chi connectivity index (χ0) is 8.39. The van der Waals surface area contributed by atoms with Crippen molar-refractivity contribution >= 4 is 6.29 Å². The molecule has 1 aromatic carbocycles. The zero-order valence-corrected chi connectivity index (χ0v) is 6.32. The normalized spacial score (nSPS) is 13.0. The van der Waals surface area contributed by atoms with Crippen LogP contribution in [0.3, 0.4) is 0 Å². The van der Waals surface area contributed by atoms with E-state index in [0.717, 1.165) is 17.6 Å². The van der Waals surface area contributed by atoms with Crippen molar-refractivity contribution in [1.82, 2.24) is 0 Å². The van der Waals surface area contributed by atoms with Gasteiger partial charge >= 0.3 is 0 Å². The number of carbonyl (C=O) groups excluding carboxylic acids is 1. The lowest BCUT2D eigenvalue weighted by Crippen LogP contribution is -1.92. The van der Waals surface area contributed by atoms with E-state index in [1.807, 2.05) is 6.07 Å². The number of ether oxygens (including phenoxy) is 2. The number of rotatable bonds is 2. The molecule has 1 aromatic rings. The van der Waals surface area contributed by atoms with Gasteiger partial charge < -0.3 is 14.3 Å². The van der Waals surface area contributed by atoms with Crippen molar-refractivity contribution < 1.29 is 14.3 Å². The first-order valence-corrected chi connectivity index (χ1v) is 3.58. The summed E-state index contributed by atoms with van der Waals surface area (Å²) in [6.45, 7) is 0.264. The highest BCUT2D eigenvalue weighted by Gasteiger charge is 2.12. The maximum atomic E-state index is 10.1. The summed E-state index contributed by atoms with van der Waals surface area (Å²) in [4.78, 5) is 10.1. The van der Waals surface area contributed by atoms with E-state index in [-0.39, 0.29) is 6.79 Å². The van der Waals surface area contributed by atoms with Gasteiger partial charge in [-0.3, -0.25) is 0 Å². The van der Waals surface area contributed by atoms with Gasteiger partial charge in [-0.05, 0) is 17.7 Å². The molecule has 3 nitrogen and oxygen atoms in total. The van der Waals surface area contributed by atoms with E-state index in [2.05, 4.69) is 0 Å². The third kappa shape index (κ3) is 1.13. The minimum Gasteiger partial charge on any atom is -0.454 e. The first-order chi connectivity index (χ1) is 5.90. The standard InChI is InChI=1S/C9H7O3/c10-4-3-7-1-2-8-9(5-7)12-6-11-8/h1-5H,6H2. The quantitative estimate of drug-likeness (QED) is 0.614. The van der Waals surface area contributed by atoms with Gasteiger partial charge in [0, 0.05) is 0 Å². The van der Waals surface area contributed by atoms with Gasteiger partial charge in [0.15, 0.2) is 11.5 Å². The van der Waals surface area contributed by atoms with Crippen molar-refractivity contribution in [3.8, 4) is 11.5 Å². The molecule has 1 aliphatic heterocycles. The van der Waals surface area contributed by atoms with E-state index in [0.29, 0.717) is 5.75 Å². The molecule has 61 valence electrons. The topological polar surface area (TPSA) is 35.5 Å². The molecule has 0 atom stereocenters. The highest BCUT2D eigenvalue weighted by Crippen LogP contribution is 2.32. The summed E-state index contributed by atoms with van der Waals surface area (Å²) in [7, 11) is 0. The smallest absolute Gasteiger partial charge is 0.231 e. The van der Waals surface area contributed by atoms with Crippen LogP contribution < -0.4 is 9.47 Å². The van der Waals surface area contributed by atoms with Crippen LogP contribution in [0.2, 0.25) is 0 Å². The fraction of sp³-hybridized carbons (Fsp3) is 0.111. The second-order valence-electron chi connectivity index (χ2n) is 2.42. The summed E-state index contributed by atoms with van der Waals surface area (Å²) in [5.74, 6) is 1.43. The fourth-order valence-corrected chi connectivity index (χ4v) is 1.10. The van der Waals surface area contributed by atoms with E-state index in [9.17, 15) is 4.79 Å². The van der Waals surface area contributed by atoms with Crippen LogP contribution in [0.1, 0.15) is 5.56 Å². The third-order valence-electron chi connectivity index (χ3n) is 1.66. The predicted octanol–water partition coefficient (Wildman–Crippen LogP) is 1.17. The van der Waals surface area contributed by atoms with E-state index >= 15 is 0 Å². The number of hydrogen-bond donors (Lipinski definition) is 0. The number of benzene rings is 1. The molecule has 1 aliphatic rings. The van der Waals surface area contributed by atoms with Crippen LogP contribution in [-0.2, 0) is 4.79 Å². The SMILES string of the molecule is O=C[CH]c1ccc2c(c1)OCO2. The van der Waals surface area contributed by atoms with E-state index < -0.39 is 0 Å².